The van der Waals surface area contributed by atoms with Crippen LogP contribution in [0.3, 0.4) is 0 Å². The van der Waals surface area contributed by atoms with E-state index in [2.05, 4.69) is 21.0 Å². The molecule has 0 aliphatic carbocycles. The Morgan fingerprint density at radius 1 is 0.925 bits per heavy atom. The summed E-state index contributed by atoms with van der Waals surface area (Å²) in [5.41, 5.74) is 0.955. The van der Waals surface area contributed by atoms with Crippen LogP contribution in [0.1, 0.15) is 75.4 Å². The van der Waals surface area contributed by atoms with Crippen LogP contribution in [-0.2, 0) is 29.1 Å². The Morgan fingerprint density at radius 2 is 1.45 bits per heavy atom. The van der Waals surface area contributed by atoms with E-state index in [0.717, 1.165) is 16.7 Å². The molecule has 0 radical (unpaired) electrons. The quantitative estimate of drug-likeness (QED) is 0.0549. The lowest BCUT2D eigenvalue weighted by Gasteiger charge is -2.45. The van der Waals surface area contributed by atoms with Crippen LogP contribution < -0.4 is 16.3 Å². The molecule has 3 N–H and O–H groups in total. The number of hydrogen-bond donors (Lipinski definition) is 3. The molecule has 2 heterocycles. The Hall–Kier alpha value is -4.02. The SMILES string of the molecule is CC(C)[N+]#CCCOP(O)NC(C)C.COC(OC)(OC(c1ccccc1)(c1ccccc1)c1ccccc1)[C@@H]1CC[C@H](n2cc(C)c(=O)[nH]c2=O)O1. The number of nitrogens with one attached hydrogen (secondary N) is 2. The molecule has 1 aliphatic heterocycles. The largest absolute Gasteiger partial charge is 0.346 e. The minimum Gasteiger partial charge on any atom is -0.346 e. The van der Waals surface area contributed by atoms with Gasteiger partial charge in [0, 0.05) is 45.9 Å². The van der Waals surface area contributed by atoms with E-state index in [1.165, 1.54) is 25.0 Å². The van der Waals surface area contributed by atoms with E-state index >= 15 is 0 Å². The monoisotopic (exact) mass is 747 g/mol. The molecule has 0 saturated carbocycles. The first-order chi connectivity index (χ1) is 25.5. The summed E-state index contributed by atoms with van der Waals surface area (Å²) in [6.07, 6.45) is 1.77. The summed E-state index contributed by atoms with van der Waals surface area (Å²) in [5.74, 6) is -1.66. The van der Waals surface area contributed by atoms with Gasteiger partial charge in [-0.25, -0.2) is 9.88 Å². The number of aromatic amines is 1. The van der Waals surface area contributed by atoms with Crippen molar-refractivity contribution in [1.82, 2.24) is 14.6 Å². The first kappa shape index (κ1) is 41.7. The fraction of sp³-hybridized carbons (Fsp3) is 0.425. The second kappa shape index (κ2) is 19.9. The molecule has 0 amide bonds. The Labute approximate surface area is 312 Å². The predicted molar refractivity (Wildman–Crippen MR) is 207 cm³/mol. The average Bonchev–Trinajstić information content (AvgIpc) is 3.65. The van der Waals surface area contributed by atoms with Gasteiger partial charge in [0.15, 0.2) is 0 Å². The van der Waals surface area contributed by atoms with Crippen LogP contribution in [0.4, 0.5) is 0 Å². The summed E-state index contributed by atoms with van der Waals surface area (Å²) in [6.45, 7) is 10.0. The van der Waals surface area contributed by atoms with Gasteiger partial charge in [0.1, 0.15) is 24.4 Å². The van der Waals surface area contributed by atoms with Crippen LogP contribution in [0.25, 0.3) is 4.85 Å². The number of H-pyrrole nitrogens is 1. The molecule has 53 heavy (non-hydrogen) atoms. The predicted octanol–water partition coefficient (Wildman–Crippen LogP) is 6.83. The van der Waals surface area contributed by atoms with Crippen LogP contribution in [-0.4, -0.2) is 59.4 Å². The number of aromatic nitrogens is 2. The lowest BCUT2D eigenvalue weighted by Crippen LogP contribution is -2.54. The molecule has 4 aromatic rings. The zero-order valence-corrected chi connectivity index (χ0v) is 32.4. The molecule has 12 nitrogen and oxygen atoms in total. The van der Waals surface area contributed by atoms with Gasteiger partial charge in [-0.15, -0.1) is 0 Å². The number of hydrogen-bond acceptors (Lipinski definition) is 9. The van der Waals surface area contributed by atoms with Crippen molar-refractivity contribution in [3.63, 3.8) is 0 Å². The lowest BCUT2D eigenvalue weighted by molar-refractivity contribution is -0.422. The first-order valence-electron chi connectivity index (χ1n) is 17.7. The average molecular weight is 748 g/mol. The van der Waals surface area contributed by atoms with Crippen LogP contribution in [0.15, 0.2) is 107 Å². The van der Waals surface area contributed by atoms with Crippen LogP contribution in [0.5, 0.6) is 0 Å². The molecule has 1 fully saturated rings. The van der Waals surface area contributed by atoms with E-state index < -0.39 is 43.7 Å². The Kier molecular flexibility index (Phi) is 15.7. The van der Waals surface area contributed by atoms with Gasteiger partial charge in [-0.2, -0.15) is 0 Å². The highest BCUT2D eigenvalue weighted by Gasteiger charge is 2.54. The van der Waals surface area contributed by atoms with Gasteiger partial charge in [0.2, 0.25) is 0 Å². The molecule has 13 heteroatoms. The van der Waals surface area contributed by atoms with Crippen molar-refractivity contribution < 1.29 is 28.4 Å². The summed E-state index contributed by atoms with van der Waals surface area (Å²) in [7, 11) is 1.55. The molecular formula is C40H52N4O8P+. The Balaban J connectivity index is 0.000000381. The summed E-state index contributed by atoms with van der Waals surface area (Å²) < 4.78 is 32.1. The zero-order valence-electron chi connectivity index (χ0n) is 31.5. The summed E-state index contributed by atoms with van der Waals surface area (Å²) >= 11 is 0. The van der Waals surface area contributed by atoms with E-state index in [9.17, 15) is 14.5 Å². The molecule has 1 unspecified atom stereocenters. The molecule has 0 spiro atoms. The highest BCUT2D eigenvalue weighted by molar-refractivity contribution is 7.43. The smallest absolute Gasteiger partial charge is 0.330 e. The van der Waals surface area contributed by atoms with Gasteiger partial charge < -0.3 is 28.4 Å². The van der Waals surface area contributed by atoms with Crippen molar-refractivity contribution in [2.45, 2.75) is 89.9 Å². The highest BCUT2D eigenvalue weighted by Crippen LogP contribution is 2.47. The number of rotatable bonds is 14. The van der Waals surface area contributed by atoms with Crippen LogP contribution in [0, 0.1) is 13.0 Å². The van der Waals surface area contributed by atoms with Crippen molar-refractivity contribution in [1.29, 1.82) is 0 Å². The molecule has 3 atom stereocenters. The number of aryl methyl sites for hydroxylation is 1. The van der Waals surface area contributed by atoms with Gasteiger partial charge in [0.25, 0.3) is 26.2 Å². The zero-order chi connectivity index (χ0) is 38.4. The third-order valence-corrected chi connectivity index (χ3v) is 9.56. The van der Waals surface area contributed by atoms with Gasteiger partial charge in [-0.3, -0.25) is 14.3 Å². The van der Waals surface area contributed by atoms with Crippen molar-refractivity contribution in [3.05, 3.63) is 145 Å². The molecule has 1 saturated heterocycles. The van der Waals surface area contributed by atoms with E-state index in [0.29, 0.717) is 31.4 Å². The third kappa shape index (κ3) is 10.8. The number of methoxy groups -OCH3 is 2. The van der Waals surface area contributed by atoms with Gasteiger partial charge in [-0.1, -0.05) is 95.8 Å². The van der Waals surface area contributed by atoms with Crippen LogP contribution >= 0.6 is 8.53 Å². The summed E-state index contributed by atoms with van der Waals surface area (Å²) in [4.78, 5) is 40.2. The molecule has 5 rings (SSSR count). The van der Waals surface area contributed by atoms with Crippen molar-refractivity contribution in [2.24, 2.45) is 0 Å². The van der Waals surface area contributed by atoms with Crippen molar-refractivity contribution in [3.8, 4) is 6.07 Å². The molecule has 1 aromatic heterocycles. The van der Waals surface area contributed by atoms with E-state index in [1.807, 2.05) is 119 Å². The summed E-state index contributed by atoms with van der Waals surface area (Å²) in [6, 6.07) is 33.1. The standard InChI is InChI=1S/C31H32N2O6.C9H20N2O2P/c1-22-21-33(29(35)32-28(22)34)27-20-19-26(38-27)31(36-2,37-3)39-30(23-13-7-4-8-14-23,24-15-9-5-10-16-24)25-17-11-6-12-18-25;1-8(2)10-6-5-7-13-14(12)11-9(3)4/h4-18,21,26-27H,19-20H2,1-3H3,(H,32,34,35);8-9,11-12H,5,7H2,1-4H3/q;+1/t26-,27+;/m0./s1. The topological polar surface area (TPSA) is 138 Å². The first-order valence-corrected chi connectivity index (χ1v) is 18.9. The lowest BCUT2D eigenvalue weighted by atomic mass is 9.80. The maximum absolute atomic E-state index is 12.6. The molecule has 0 bridgehead atoms. The highest BCUT2D eigenvalue weighted by atomic mass is 31.2. The number of ether oxygens (including phenoxy) is 4. The molecule has 3 aromatic carbocycles. The normalized spacial score (nSPS) is 16.5. The number of nitrogens with zero attached hydrogens (tertiary/aromatic N) is 2. The summed E-state index contributed by atoms with van der Waals surface area (Å²) in [5, 5.41) is 2.88. The minimum absolute atomic E-state index is 0.236. The van der Waals surface area contributed by atoms with Crippen molar-refractivity contribution in [2.75, 3.05) is 20.8 Å². The molecule has 284 valence electrons. The van der Waals surface area contributed by atoms with Gasteiger partial charge in [0.05, 0.1) is 6.61 Å². The second-order valence-electron chi connectivity index (χ2n) is 13.0. The minimum atomic E-state index is -1.66. The Bertz CT molecular complexity index is 1780. The molecule has 1 aliphatic rings. The van der Waals surface area contributed by atoms with Crippen molar-refractivity contribution >= 4 is 8.53 Å². The maximum Gasteiger partial charge on any atom is 0.330 e. The van der Waals surface area contributed by atoms with E-state index in [-0.39, 0.29) is 12.1 Å². The Morgan fingerprint density at radius 3 is 1.92 bits per heavy atom. The molecular weight excluding hydrogens is 695 g/mol. The van der Waals surface area contributed by atoms with Gasteiger partial charge >= 0.3 is 11.7 Å². The van der Waals surface area contributed by atoms with Crippen LogP contribution in [0.2, 0.25) is 0 Å². The number of benzene rings is 3. The second-order valence-corrected chi connectivity index (χ2v) is 14.1. The fourth-order valence-electron chi connectivity index (χ4n) is 5.97. The third-order valence-electron chi connectivity index (χ3n) is 8.40. The fourth-order valence-corrected chi connectivity index (χ4v) is 6.75. The maximum atomic E-state index is 12.6. The van der Waals surface area contributed by atoms with E-state index in [1.54, 1.807) is 6.92 Å². The van der Waals surface area contributed by atoms with E-state index in [4.69, 9.17) is 23.5 Å². The van der Waals surface area contributed by atoms with Gasteiger partial charge in [-0.05, 0) is 50.3 Å².